The van der Waals surface area contributed by atoms with Crippen molar-refractivity contribution in [1.29, 1.82) is 0 Å². The number of ketones is 1. The Kier molecular flexibility index (Phi) is 5.11. The maximum atomic E-state index is 12.4. The summed E-state index contributed by atoms with van der Waals surface area (Å²) in [5, 5.41) is 5.95. The van der Waals surface area contributed by atoms with E-state index < -0.39 is 0 Å². The Morgan fingerprint density at radius 1 is 0.897 bits per heavy atom. The minimum atomic E-state index is -0.302. The van der Waals surface area contributed by atoms with Crippen molar-refractivity contribution in [1.82, 2.24) is 4.98 Å². The van der Waals surface area contributed by atoms with Crippen LogP contribution >= 0.6 is 0 Å². The molecule has 0 saturated carbocycles. The van der Waals surface area contributed by atoms with Crippen molar-refractivity contribution in [2.45, 2.75) is 6.92 Å². The molecule has 0 radical (unpaired) electrons. The number of carbonyl (C=O) groups is 2. The molecular formula is C22H19N3O4. The highest BCUT2D eigenvalue weighted by molar-refractivity contribution is 6.05. The molecule has 2 N–H and O–H groups in total. The van der Waals surface area contributed by atoms with Gasteiger partial charge in [0.1, 0.15) is 19.0 Å². The van der Waals surface area contributed by atoms with Gasteiger partial charge in [0.05, 0.1) is 5.56 Å². The fraction of sp³-hybridized carbons (Fsp3) is 0.136. The molecule has 2 aromatic carbocycles. The maximum Gasteiger partial charge on any atom is 0.257 e. The number of carbonyl (C=O) groups excluding carboxylic acids is 2. The first-order valence-electron chi connectivity index (χ1n) is 9.13. The summed E-state index contributed by atoms with van der Waals surface area (Å²) in [6, 6.07) is 15.8. The van der Waals surface area contributed by atoms with Crippen LogP contribution in [0.15, 0.2) is 60.8 Å². The number of amides is 1. The van der Waals surface area contributed by atoms with Crippen molar-refractivity contribution in [3.8, 4) is 11.5 Å². The van der Waals surface area contributed by atoms with Crippen LogP contribution in [0.1, 0.15) is 27.6 Å². The second kappa shape index (κ2) is 8.02. The quantitative estimate of drug-likeness (QED) is 0.640. The molecule has 3 aromatic rings. The number of nitrogens with one attached hydrogen (secondary N) is 2. The molecule has 0 saturated heterocycles. The Morgan fingerprint density at radius 2 is 1.72 bits per heavy atom. The number of anilines is 3. The molecule has 0 aliphatic carbocycles. The number of aromatic nitrogens is 1. The maximum absolute atomic E-state index is 12.4. The monoisotopic (exact) mass is 389 g/mol. The highest BCUT2D eigenvalue weighted by atomic mass is 16.6. The third-order valence-corrected chi connectivity index (χ3v) is 4.37. The van der Waals surface area contributed by atoms with Crippen LogP contribution in [-0.2, 0) is 0 Å². The van der Waals surface area contributed by atoms with Crippen molar-refractivity contribution in [2.75, 3.05) is 23.8 Å². The Bertz CT molecular complexity index is 1060. The number of benzene rings is 2. The predicted octanol–water partition coefficient (Wildman–Crippen LogP) is 4.05. The van der Waals surface area contributed by atoms with E-state index in [1.54, 1.807) is 36.4 Å². The molecule has 29 heavy (non-hydrogen) atoms. The Hall–Kier alpha value is -3.87. The summed E-state index contributed by atoms with van der Waals surface area (Å²) in [5.41, 5.74) is 2.31. The summed E-state index contributed by atoms with van der Waals surface area (Å²) < 4.78 is 11.1. The topological polar surface area (TPSA) is 89.6 Å². The molecule has 2 heterocycles. The van der Waals surface area contributed by atoms with Gasteiger partial charge in [-0.15, -0.1) is 0 Å². The number of hydrogen-bond acceptors (Lipinski definition) is 6. The molecule has 1 aliphatic heterocycles. The molecular weight excluding hydrogens is 370 g/mol. The summed E-state index contributed by atoms with van der Waals surface area (Å²) in [6.45, 7) is 2.55. The SMILES string of the molecule is CC(=O)c1cccc(NC(=O)c2ccc(Nc3ccc4c(c3)OCCO4)nc2)c1. The van der Waals surface area contributed by atoms with Gasteiger partial charge in [0.15, 0.2) is 17.3 Å². The predicted molar refractivity (Wildman–Crippen MR) is 109 cm³/mol. The highest BCUT2D eigenvalue weighted by Gasteiger charge is 2.12. The summed E-state index contributed by atoms with van der Waals surface area (Å²) in [4.78, 5) is 28.2. The lowest BCUT2D eigenvalue weighted by atomic mass is 10.1. The molecule has 0 unspecified atom stereocenters. The van der Waals surface area contributed by atoms with Gasteiger partial charge in [0.2, 0.25) is 0 Å². The molecule has 1 amide bonds. The minimum absolute atomic E-state index is 0.0580. The van der Waals surface area contributed by atoms with Gasteiger partial charge in [-0.25, -0.2) is 4.98 Å². The van der Waals surface area contributed by atoms with E-state index in [1.807, 2.05) is 18.2 Å². The van der Waals surface area contributed by atoms with E-state index in [0.29, 0.717) is 41.6 Å². The second-order valence-electron chi connectivity index (χ2n) is 6.51. The minimum Gasteiger partial charge on any atom is -0.486 e. The van der Waals surface area contributed by atoms with Crippen molar-refractivity contribution in [2.24, 2.45) is 0 Å². The van der Waals surface area contributed by atoms with E-state index in [4.69, 9.17) is 9.47 Å². The standard InChI is InChI=1S/C22H19N3O4/c1-14(26)15-3-2-4-17(11-15)25-22(27)16-5-8-21(23-13-16)24-18-6-7-19-20(12-18)29-10-9-28-19/h2-8,11-13H,9-10H2,1H3,(H,23,24)(H,25,27). The van der Waals surface area contributed by atoms with Gasteiger partial charge in [0.25, 0.3) is 5.91 Å². The smallest absolute Gasteiger partial charge is 0.257 e. The lowest BCUT2D eigenvalue weighted by molar-refractivity contribution is 0.101. The van der Waals surface area contributed by atoms with Gasteiger partial charge >= 0.3 is 0 Å². The van der Waals surface area contributed by atoms with E-state index in [0.717, 1.165) is 11.4 Å². The van der Waals surface area contributed by atoms with Gasteiger partial charge in [-0.05, 0) is 43.3 Å². The highest BCUT2D eigenvalue weighted by Crippen LogP contribution is 2.33. The van der Waals surface area contributed by atoms with Crippen LogP contribution < -0.4 is 20.1 Å². The van der Waals surface area contributed by atoms with E-state index in [1.165, 1.54) is 13.1 Å². The summed E-state index contributed by atoms with van der Waals surface area (Å²) in [5.74, 6) is 1.64. The Morgan fingerprint density at radius 3 is 2.48 bits per heavy atom. The number of rotatable bonds is 5. The van der Waals surface area contributed by atoms with Gasteiger partial charge in [-0.3, -0.25) is 9.59 Å². The molecule has 7 nitrogen and oxygen atoms in total. The van der Waals surface area contributed by atoms with Crippen molar-refractivity contribution >= 4 is 28.9 Å². The molecule has 1 aromatic heterocycles. The molecule has 0 atom stereocenters. The van der Waals surface area contributed by atoms with E-state index in [-0.39, 0.29) is 11.7 Å². The van der Waals surface area contributed by atoms with Crippen LogP contribution in [-0.4, -0.2) is 29.9 Å². The molecule has 146 valence electrons. The van der Waals surface area contributed by atoms with Crippen molar-refractivity contribution < 1.29 is 19.1 Å². The third kappa shape index (κ3) is 4.35. The zero-order valence-corrected chi connectivity index (χ0v) is 15.8. The summed E-state index contributed by atoms with van der Waals surface area (Å²) in [6.07, 6.45) is 1.49. The molecule has 0 fully saturated rings. The Labute approximate surface area is 167 Å². The summed E-state index contributed by atoms with van der Waals surface area (Å²) in [7, 11) is 0. The van der Waals surface area contributed by atoms with Crippen LogP contribution in [0.3, 0.4) is 0 Å². The van der Waals surface area contributed by atoms with Crippen LogP contribution in [0.5, 0.6) is 11.5 Å². The normalized spacial score (nSPS) is 12.2. The number of pyridine rings is 1. The van der Waals surface area contributed by atoms with Crippen LogP contribution in [0.2, 0.25) is 0 Å². The molecule has 0 spiro atoms. The number of ether oxygens (including phenoxy) is 2. The average molecular weight is 389 g/mol. The lowest BCUT2D eigenvalue weighted by Crippen LogP contribution is -2.15. The van der Waals surface area contributed by atoms with E-state index in [2.05, 4.69) is 15.6 Å². The molecule has 4 rings (SSSR count). The van der Waals surface area contributed by atoms with Crippen LogP contribution in [0, 0.1) is 0 Å². The Balaban J connectivity index is 1.43. The van der Waals surface area contributed by atoms with Gasteiger partial charge in [0, 0.05) is 29.2 Å². The summed E-state index contributed by atoms with van der Waals surface area (Å²) >= 11 is 0. The molecule has 7 heteroatoms. The number of hydrogen-bond donors (Lipinski definition) is 2. The van der Waals surface area contributed by atoms with E-state index in [9.17, 15) is 9.59 Å². The van der Waals surface area contributed by atoms with Gasteiger partial charge in [-0.2, -0.15) is 0 Å². The fourth-order valence-electron chi connectivity index (χ4n) is 2.89. The molecule has 0 bridgehead atoms. The van der Waals surface area contributed by atoms with Crippen LogP contribution in [0.4, 0.5) is 17.2 Å². The lowest BCUT2D eigenvalue weighted by Gasteiger charge is -2.19. The van der Waals surface area contributed by atoms with Crippen molar-refractivity contribution in [3.05, 3.63) is 71.9 Å². The largest absolute Gasteiger partial charge is 0.486 e. The van der Waals surface area contributed by atoms with Crippen LogP contribution in [0.25, 0.3) is 0 Å². The first-order chi connectivity index (χ1) is 14.1. The average Bonchev–Trinajstić information content (AvgIpc) is 2.74. The fourth-order valence-corrected chi connectivity index (χ4v) is 2.89. The molecule has 1 aliphatic rings. The number of Topliss-reactive ketones (excluding diaryl/α,β-unsaturated/α-hetero) is 1. The van der Waals surface area contributed by atoms with Gasteiger partial charge < -0.3 is 20.1 Å². The van der Waals surface area contributed by atoms with Crippen molar-refractivity contribution in [3.63, 3.8) is 0 Å². The number of fused-ring (bicyclic) bond motifs is 1. The van der Waals surface area contributed by atoms with E-state index >= 15 is 0 Å². The number of nitrogens with zero attached hydrogens (tertiary/aromatic N) is 1. The first kappa shape index (κ1) is 18.5. The van der Waals surface area contributed by atoms with Gasteiger partial charge in [-0.1, -0.05) is 12.1 Å². The zero-order chi connectivity index (χ0) is 20.2. The third-order valence-electron chi connectivity index (χ3n) is 4.37. The second-order valence-corrected chi connectivity index (χ2v) is 6.51. The zero-order valence-electron chi connectivity index (χ0n) is 15.8. The first-order valence-corrected chi connectivity index (χ1v) is 9.13.